The normalized spacial score (nSPS) is 10.9. The average Bonchev–Trinajstić information content (AvgIpc) is 3.04. The van der Waals surface area contributed by atoms with E-state index in [0.29, 0.717) is 6.54 Å². The summed E-state index contributed by atoms with van der Waals surface area (Å²) in [6.07, 6.45) is 2.53. The van der Waals surface area contributed by atoms with E-state index in [9.17, 15) is 13.6 Å². The first-order chi connectivity index (χ1) is 12.5. The number of benzene rings is 2. The van der Waals surface area contributed by atoms with Crippen molar-refractivity contribution in [3.63, 3.8) is 0 Å². The fraction of sp³-hybridized carbons (Fsp3) is 0.263. The number of carbonyl (C=O) groups is 1. The second-order valence-electron chi connectivity index (χ2n) is 6.10. The van der Waals surface area contributed by atoms with Gasteiger partial charge in [0.2, 0.25) is 0 Å². The Bertz CT molecular complexity index is 909. The molecule has 5 nitrogen and oxygen atoms in total. The summed E-state index contributed by atoms with van der Waals surface area (Å²) in [4.78, 5) is 17.8. The number of para-hydroxylation sites is 2. The van der Waals surface area contributed by atoms with Gasteiger partial charge in [0, 0.05) is 38.3 Å². The molecule has 0 aliphatic rings. The van der Waals surface area contributed by atoms with Crippen LogP contribution in [0.2, 0.25) is 0 Å². The van der Waals surface area contributed by atoms with Crippen molar-refractivity contribution in [1.29, 1.82) is 0 Å². The average molecular weight is 358 g/mol. The first kappa shape index (κ1) is 17.8. The van der Waals surface area contributed by atoms with Crippen molar-refractivity contribution < 1.29 is 13.6 Å². The van der Waals surface area contributed by atoms with Gasteiger partial charge in [0.25, 0.3) is 0 Å². The fourth-order valence-electron chi connectivity index (χ4n) is 2.75. The highest BCUT2D eigenvalue weighted by Gasteiger charge is 2.12. The van der Waals surface area contributed by atoms with E-state index in [0.717, 1.165) is 30.1 Å². The first-order valence-corrected chi connectivity index (χ1v) is 8.37. The lowest BCUT2D eigenvalue weighted by Gasteiger charge is -2.18. The molecule has 0 aliphatic carbocycles. The van der Waals surface area contributed by atoms with Gasteiger partial charge >= 0.3 is 6.03 Å². The number of amides is 2. The van der Waals surface area contributed by atoms with E-state index >= 15 is 0 Å². The molecule has 3 aromatic rings. The number of imidazole rings is 1. The van der Waals surface area contributed by atoms with Crippen LogP contribution in [0.15, 0.2) is 48.8 Å². The summed E-state index contributed by atoms with van der Waals surface area (Å²) in [6, 6.07) is 10.9. The van der Waals surface area contributed by atoms with Gasteiger partial charge in [-0.05, 0) is 24.6 Å². The molecule has 2 aromatic carbocycles. The number of hydrogen-bond acceptors (Lipinski definition) is 2. The number of halogens is 2. The van der Waals surface area contributed by atoms with Crippen LogP contribution >= 0.6 is 0 Å². The van der Waals surface area contributed by atoms with Crippen LogP contribution in [-0.4, -0.2) is 34.1 Å². The topological polar surface area (TPSA) is 50.2 Å². The van der Waals surface area contributed by atoms with E-state index in [1.54, 1.807) is 13.4 Å². The van der Waals surface area contributed by atoms with Gasteiger partial charge in [-0.15, -0.1) is 0 Å². The van der Waals surface area contributed by atoms with E-state index in [4.69, 9.17) is 0 Å². The highest BCUT2D eigenvalue weighted by atomic mass is 19.1. The standard InChI is InChI=1S/C19H20F2N4O/c1-24(12-14-7-8-15(20)11-16(14)21)19(26)22-9-4-10-25-13-23-17-5-2-3-6-18(17)25/h2-3,5-8,11,13H,4,9-10,12H2,1H3,(H,22,26). The molecule has 1 N–H and O–H groups in total. The minimum absolute atomic E-state index is 0.0735. The number of aryl methyl sites for hydroxylation is 1. The van der Waals surface area contributed by atoms with Crippen LogP contribution in [0.5, 0.6) is 0 Å². The van der Waals surface area contributed by atoms with Crippen molar-refractivity contribution in [3.8, 4) is 0 Å². The molecule has 1 aromatic heterocycles. The minimum Gasteiger partial charge on any atom is -0.338 e. The maximum atomic E-state index is 13.7. The molecule has 0 unspecified atom stereocenters. The van der Waals surface area contributed by atoms with E-state index in [1.807, 2.05) is 28.8 Å². The minimum atomic E-state index is -0.656. The second-order valence-corrected chi connectivity index (χ2v) is 6.10. The van der Waals surface area contributed by atoms with Gasteiger partial charge in [0.05, 0.1) is 17.4 Å². The molecule has 1 heterocycles. The summed E-state index contributed by atoms with van der Waals surface area (Å²) in [5.74, 6) is -1.29. The van der Waals surface area contributed by atoms with Gasteiger partial charge in [-0.25, -0.2) is 18.6 Å². The number of carbonyl (C=O) groups excluding carboxylic acids is 1. The number of nitrogens with zero attached hydrogens (tertiary/aromatic N) is 3. The third kappa shape index (κ3) is 4.17. The molecule has 0 saturated heterocycles. The molecule has 0 aliphatic heterocycles. The van der Waals surface area contributed by atoms with Crippen molar-refractivity contribution in [2.75, 3.05) is 13.6 Å². The van der Waals surface area contributed by atoms with Gasteiger partial charge < -0.3 is 14.8 Å². The molecule has 26 heavy (non-hydrogen) atoms. The lowest BCUT2D eigenvalue weighted by molar-refractivity contribution is 0.206. The fourth-order valence-corrected chi connectivity index (χ4v) is 2.75. The number of aromatic nitrogens is 2. The van der Waals surface area contributed by atoms with E-state index in [2.05, 4.69) is 10.3 Å². The summed E-state index contributed by atoms with van der Waals surface area (Å²) < 4.78 is 28.6. The molecule has 136 valence electrons. The Morgan fingerprint density at radius 2 is 2.04 bits per heavy atom. The van der Waals surface area contributed by atoms with Crippen LogP contribution in [0, 0.1) is 11.6 Å². The summed E-state index contributed by atoms with van der Waals surface area (Å²) >= 11 is 0. The van der Waals surface area contributed by atoms with Crippen molar-refractivity contribution >= 4 is 17.1 Å². The van der Waals surface area contributed by atoms with Crippen LogP contribution in [0.4, 0.5) is 13.6 Å². The molecular formula is C19H20F2N4O. The van der Waals surface area contributed by atoms with Crippen LogP contribution in [0.3, 0.4) is 0 Å². The van der Waals surface area contributed by atoms with Crippen molar-refractivity contribution in [2.45, 2.75) is 19.5 Å². The number of fused-ring (bicyclic) bond motifs is 1. The molecule has 0 spiro atoms. The van der Waals surface area contributed by atoms with Crippen molar-refractivity contribution in [2.24, 2.45) is 0 Å². The van der Waals surface area contributed by atoms with Gasteiger partial charge in [0.1, 0.15) is 11.6 Å². The largest absolute Gasteiger partial charge is 0.338 e. The molecule has 0 atom stereocenters. The molecule has 0 saturated carbocycles. The molecular weight excluding hydrogens is 338 g/mol. The Kier molecular flexibility index (Phi) is 5.46. The third-order valence-electron chi connectivity index (χ3n) is 4.15. The summed E-state index contributed by atoms with van der Waals surface area (Å²) in [6.45, 7) is 1.29. The molecule has 0 radical (unpaired) electrons. The van der Waals surface area contributed by atoms with Crippen molar-refractivity contribution in [3.05, 3.63) is 66.0 Å². The zero-order valence-electron chi connectivity index (χ0n) is 14.5. The Morgan fingerprint density at radius 1 is 1.23 bits per heavy atom. The van der Waals surface area contributed by atoms with Gasteiger partial charge in [-0.3, -0.25) is 0 Å². The van der Waals surface area contributed by atoms with Crippen molar-refractivity contribution in [1.82, 2.24) is 19.8 Å². The molecule has 0 bridgehead atoms. The van der Waals surface area contributed by atoms with Gasteiger partial charge in [-0.1, -0.05) is 18.2 Å². The van der Waals surface area contributed by atoms with Gasteiger partial charge in [0.15, 0.2) is 0 Å². The summed E-state index contributed by atoms with van der Waals surface area (Å²) in [5.41, 5.74) is 2.27. The molecule has 3 rings (SSSR count). The number of urea groups is 1. The lowest BCUT2D eigenvalue weighted by atomic mass is 10.2. The van der Waals surface area contributed by atoms with Crippen LogP contribution < -0.4 is 5.32 Å². The van der Waals surface area contributed by atoms with Gasteiger partial charge in [-0.2, -0.15) is 0 Å². The predicted octanol–water partition coefficient (Wildman–Crippen LogP) is 3.55. The number of hydrogen-bond donors (Lipinski definition) is 1. The Balaban J connectivity index is 1.46. The van der Waals surface area contributed by atoms with E-state index < -0.39 is 11.6 Å². The summed E-state index contributed by atoms with van der Waals surface area (Å²) in [7, 11) is 1.57. The van der Waals surface area contributed by atoms with E-state index in [-0.39, 0.29) is 18.1 Å². The second kappa shape index (κ2) is 7.95. The zero-order valence-corrected chi connectivity index (χ0v) is 14.5. The summed E-state index contributed by atoms with van der Waals surface area (Å²) in [5, 5.41) is 2.80. The smallest absolute Gasteiger partial charge is 0.317 e. The maximum absolute atomic E-state index is 13.7. The van der Waals surface area contributed by atoms with E-state index in [1.165, 1.54) is 17.0 Å². The maximum Gasteiger partial charge on any atom is 0.317 e. The van der Waals surface area contributed by atoms with Crippen LogP contribution in [-0.2, 0) is 13.1 Å². The van der Waals surface area contributed by atoms with Crippen LogP contribution in [0.1, 0.15) is 12.0 Å². The quantitative estimate of drug-likeness (QED) is 0.685. The Labute approximate surface area is 150 Å². The molecule has 7 heteroatoms. The predicted molar refractivity (Wildman–Crippen MR) is 95.6 cm³/mol. The molecule has 2 amide bonds. The van der Waals surface area contributed by atoms with Crippen LogP contribution in [0.25, 0.3) is 11.0 Å². The first-order valence-electron chi connectivity index (χ1n) is 8.37. The SMILES string of the molecule is CN(Cc1ccc(F)cc1F)C(=O)NCCCn1cnc2ccccc21. The monoisotopic (exact) mass is 358 g/mol. The zero-order chi connectivity index (χ0) is 18.5. The lowest BCUT2D eigenvalue weighted by Crippen LogP contribution is -2.37. The third-order valence-corrected chi connectivity index (χ3v) is 4.15. The highest BCUT2D eigenvalue weighted by Crippen LogP contribution is 2.13. The number of nitrogens with one attached hydrogen (secondary N) is 1. The Morgan fingerprint density at radius 3 is 2.85 bits per heavy atom. The Hall–Kier alpha value is -2.96. The number of rotatable bonds is 6. The highest BCUT2D eigenvalue weighted by molar-refractivity contribution is 5.75. The molecule has 0 fully saturated rings.